The lowest BCUT2D eigenvalue weighted by atomic mass is 9.91. The van der Waals surface area contributed by atoms with Gasteiger partial charge in [-0.1, -0.05) is 116 Å². The molecule has 0 saturated carbocycles. The van der Waals surface area contributed by atoms with Gasteiger partial charge in [0, 0.05) is 49.3 Å². The second-order valence-electron chi connectivity index (χ2n) is 27.5. The average molecular weight is 1320 g/mol. The number of rotatable bonds is 20. The molecule has 1 fully saturated rings. The fraction of sp³-hybridized carbons (Fsp3) is 0.761. The highest BCUT2D eigenvalue weighted by molar-refractivity contribution is 6.00. The third kappa shape index (κ3) is 24.4. The SMILES string of the molecule is C=C(COC[C@H]1NC(=O)[C@H](C)NC(=O)[C@H](CC(C)C)N(C)C(=O)[C@H](C(C)C)NC(=O)[C@H](CC(C)C)N(C)C(=O)CN(C)C(=O)[C@H](CC)NC(=O)[C@H]([C@H](O)[C@H](C)C/C=C/C)N(C)C(=O)[C@H](C(C)C)N(C)C(=O)[C@H](CC(C)C)N(C)C(=O)[C@H](CC(C)C)N(C)C1=O)C(=O)OC. The second kappa shape index (κ2) is 39.0. The van der Waals surface area contributed by atoms with Crippen LogP contribution in [0.3, 0.4) is 0 Å². The standard InChI is InChI=1S/C67H117N11O15/c1-26-28-29-43(15)56(80)55-60(84)69-46(27-2)61(85)72(18)34-52(79)73(19)48(30-37(3)4)59(83)71-53(41(11)12)65(89)74(20)49(31-38(5)6)58(82)68-45(17)57(81)70-47(36-93-35-44(16)67(91)92-25)62(86)75(21)50(32-39(7)8)63(87)76(22)51(33-40(9)10)64(88)77(23)54(42(13)14)66(90)78(55)24/h26,28,37-43,45-51,53-56,80H,16,27,29-36H2,1-15,17-25H3,(H,68,82)(H,69,84)(H,70,81)(H,71,83)/b28-26+/t43-,45+,46+,47-,48+,49+,50+,51+,53+,54+,55+,56-/m1/s1. The van der Waals surface area contributed by atoms with Gasteiger partial charge in [-0.3, -0.25) is 52.7 Å². The van der Waals surface area contributed by atoms with E-state index in [1.165, 1.54) is 75.9 Å². The zero-order chi connectivity index (χ0) is 72.0. The molecule has 0 radical (unpaired) electrons. The van der Waals surface area contributed by atoms with E-state index >= 15 is 19.2 Å². The minimum atomic E-state index is -1.65. The predicted molar refractivity (Wildman–Crippen MR) is 355 cm³/mol. The fourth-order valence-corrected chi connectivity index (χ4v) is 11.2. The smallest absolute Gasteiger partial charge is 0.335 e. The lowest BCUT2D eigenvalue weighted by Gasteiger charge is -2.41. The second-order valence-corrected chi connectivity index (χ2v) is 27.5. The van der Waals surface area contributed by atoms with Gasteiger partial charge in [-0.25, -0.2) is 4.79 Å². The third-order valence-electron chi connectivity index (χ3n) is 17.0. The quantitative estimate of drug-likeness (QED) is 0.0665. The molecule has 11 amide bonds. The number of carbonyl (C=O) groups excluding carboxylic acids is 12. The average Bonchev–Trinajstić information content (AvgIpc) is 0.838. The molecule has 12 atom stereocenters. The van der Waals surface area contributed by atoms with E-state index in [-0.39, 0.29) is 67.8 Å². The van der Waals surface area contributed by atoms with Crippen LogP contribution in [-0.2, 0) is 67.0 Å². The molecule has 0 aromatic heterocycles. The first-order valence-corrected chi connectivity index (χ1v) is 32.7. The maximum absolute atomic E-state index is 15.3. The van der Waals surface area contributed by atoms with Crippen molar-refractivity contribution in [1.82, 2.24) is 55.6 Å². The van der Waals surface area contributed by atoms with E-state index in [0.29, 0.717) is 0 Å². The molecule has 26 nitrogen and oxygen atoms in total. The van der Waals surface area contributed by atoms with Gasteiger partial charge in [0.15, 0.2) is 0 Å². The van der Waals surface area contributed by atoms with Gasteiger partial charge in [-0.05, 0) is 93.8 Å². The Kier molecular flexibility index (Phi) is 35.3. The summed E-state index contributed by atoms with van der Waals surface area (Å²) in [7, 11) is 10.8. The summed E-state index contributed by atoms with van der Waals surface area (Å²) in [6.45, 7) is 30.1. The molecule has 93 heavy (non-hydrogen) atoms. The third-order valence-corrected chi connectivity index (χ3v) is 17.0. The number of carbonyl (C=O) groups is 12. The molecule has 0 spiro atoms. The van der Waals surface area contributed by atoms with Crippen molar-refractivity contribution in [1.29, 1.82) is 0 Å². The molecule has 1 heterocycles. The molecule has 0 bridgehead atoms. The number of amides is 11. The maximum Gasteiger partial charge on any atom is 0.335 e. The molecule has 1 rings (SSSR count). The van der Waals surface area contributed by atoms with Crippen LogP contribution >= 0.6 is 0 Å². The lowest BCUT2D eigenvalue weighted by molar-refractivity contribution is -0.157. The highest BCUT2D eigenvalue weighted by Crippen LogP contribution is 2.26. The van der Waals surface area contributed by atoms with Gasteiger partial charge < -0.3 is 70.1 Å². The van der Waals surface area contributed by atoms with Crippen LogP contribution in [0.25, 0.3) is 0 Å². The Hall–Kier alpha value is -6.96. The highest BCUT2D eigenvalue weighted by Gasteiger charge is 2.46. The van der Waals surface area contributed by atoms with Gasteiger partial charge in [0.05, 0.1) is 38.5 Å². The normalized spacial score (nSPS) is 25.5. The van der Waals surface area contributed by atoms with E-state index in [9.17, 15) is 43.5 Å². The summed E-state index contributed by atoms with van der Waals surface area (Å²) in [5.41, 5.74) is -0.117. The van der Waals surface area contributed by atoms with Gasteiger partial charge in [-0.2, -0.15) is 0 Å². The van der Waals surface area contributed by atoms with Crippen molar-refractivity contribution in [3.8, 4) is 0 Å². The number of hydrogen-bond acceptors (Lipinski definition) is 15. The number of aliphatic hydroxyl groups excluding tert-OH is 1. The summed E-state index contributed by atoms with van der Waals surface area (Å²) in [5, 5.41) is 23.1. The monoisotopic (exact) mass is 1320 g/mol. The van der Waals surface area contributed by atoms with Crippen molar-refractivity contribution in [2.75, 3.05) is 76.2 Å². The molecule has 1 saturated heterocycles. The molecule has 1 aliphatic heterocycles. The van der Waals surface area contributed by atoms with Crippen molar-refractivity contribution < 1.29 is 72.1 Å². The number of hydrogen-bond donors (Lipinski definition) is 5. The molecule has 5 N–H and O–H groups in total. The van der Waals surface area contributed by atoms with Crippen molar-refractivity contribution >= 4 is 70.9 Å². The first-order chi connectivity index (χ1) is 43.1. The van der Waals surface area contributed by atoms with Crippen molar-refractivity contribution in [2.24, 2.45) is 41.4 Å². The number of nitrogens with zero attached hydrogens (tertiary/aromatic N) is 7. The van der Waals surface area contributed by atoms with Crippen LogP contribution in [0.4, 0.5) is 0 Å². The minimum absolute atomic E-state index is 0.00000688. The summed E-state index contributed by atoms with van der Waals surface area (Å²) >= 11 is 0. The number of allylic oxidation sites excluding steroid dienone is 2. The molecule has 0 aromatic carbocycles. The summed E-state index contributed by atoms with van der Waals surface area (Å²) in [4.78, 5) is 183. The van der Waals surface area contributed by atoms with Crippen molar-refractivity contribution in [3.63, 3.8) is 0 Å². The van der Waals surface area contributed by atoms with Crippen LogP contribution in [0.5, 0.6) is 0 Å². The number of nitrogens with one attached hydrogen (secondary N) is 4. The zero-order valence-corrected chi connectivity index (χ0v) is 60.4. The Balaban J connectivity index is 4.50. The number of ether oxygens (including phenoxy) is 2. The van der Waals surface area contributed by atoms with Crippen molar-refractivity contribution in [3.05, 3.63) is 24.3 Å². The molecule has 530 valence electrons. The van der Waals surface area contributed by atoms with Crippen LogP contribution in [-0.4, -0.2) is 253 Å². The van der Waals surface area contributed by atoms with E-state index in [0.717, 1.165) is 21.8 Å². The van der Waals surface area contributed by atoms with Crippen LogP contribution in [0.15, 0.2) is 24.3 Å². The molecule has 0 unspecified atom stereocenters. The molecule has 0 aliphatic carbocycles. The molecule has 1 aliphatic rings. The van der Waals surface area contributed by atoms with E-state index < -0.39 is 175 Å². The number of likely N-dealkylation sites (N-methyl/N-ethyl adjacent to an activating group) is 7. The Morgan fingerprint density at radius 3 is 1.45 bits per heavy atom. The molecule has 0 aromatic rings. The molecule has 26 heteroatoms. The van der Waals surface area contributed by atoms with Crippen LogP contribution in [0.2, 0.25) is 0 Å². The molecular formula is C67H117N11O15. The largest absolute Gasteiger partial charge is 0.466 e. The summed E-state index contributed by atoms with van der Waals surface area (Å²) in [6, 6.07) is -13.4. The predicted octanol–water partition coefficient (Wildman–Crippen LogP) is 2.99. The zero-order valence-electron chi connectivity index (χ0n) is 60.4. The first kappa shape index (κ1) is 84.1. The van der Waals surface area contributed by atoms with E-state index in [2.05, 4.69) is 27.8 Å². The summed E-state index contributed by atoms with van der Waals surface area (Å²) in [5.74, 6) is -11.7. The summed E-state index contributed by atoms with van der Waals surface area (Å²) in [6.07, 6.45) is 2.66. The summed E-state index contributed by atoms with van der Waals surface area (Å²) < 4.78 is 10.6. The Bertz CT molecular complexity index is 2610. The van der Waals surface area contributed by atoms with Gasteiger partial charge in [0.25, 0.3) is 0 Å². The van der Waals surface area contributed by atoms with Gasteiger partial charge in [0.1, 0.15) is 60.4 Å². The van der Waals surface area contributed by atoms with Crippen LogP contribution < -0.4 is 21.3 Å². The lowest BCUT2D eigenvalue weighted by Crippen LogP contribution is -2.63. The van der Waals surface area contributed by atoms with E-state index in [1.807, 2.05) is 55.4 Å². The maximum atomic E-state index is 15.3. The van der Waals surface area contributed by atoms with Crippen LogP contribution in [0, 0.1) is 41.4 Å². The van der Waals surface area contributed by atoms with Crippen LogP contribution in [0.1, 0.15) is 149 Å². The fourth-order valence-electron chi connectivity index (χ4n) is 11.2. The number of methoxy groups -OCH3 is 1. The Morgan fingerprint density at radius 1 is 0.548 bits per heavy atom. The Morgan fingerprint density at radius 2 is 0.989 bits per heavy atom. The minimum Gasteiger partial charge on any atom is -0.466 e. The van der Waals surface area contributed by atoms with Gasteiger partial charge >= 0.3 is 5.97 Å². The van der Waals surface area contributed by atoms with Gasteiger partial charge in [0.2, 0.25) is 65.0 Å². The van der Waals surface area contributed by atoms with E-state index in [4.69, 9.17) is 9.47 Å². The first-order valence-electron chi connectivity index (χ1n) is 32.7. The Labute approximate surface area is 554 Å². The number of aliphatic hydroxyl groups is 1. The van der Waals surface area contributed by atoms with E-state index in [1.54, 1.807) is 60.6 Å². The topological polar surface area (TPSA) is 314 Å². The molecular weight excluding hydrogens is 1200 g/mol. The highest BCUT2D eigenvalue weighted by atomic mass is 16.5. The van der Waals surface area contributed by atoms with Gasteiger partial charge in [-0.15, -0.1) is 0 Å². The van der Waals surface area contributed by atoms with Crippen molar-refractivity contribution in [2.45, 2.75) is 216 Å². The number of esters is 1.